The van der Waals surface area contributed by atoms with Crippen molar-refractivity contribution in [1.82, 2.24) is 0 Å². The molecule has 4 heteroatoms. The van der Waals surface area contributed by atoms with E-state index in [2.05, 4.69) is 20.8 Å². The molecule has 0 aromatic heterocycles. The van der Waals surface area contributed by atoms with Crippen LogP contribution in [0.3, 0.4) is 0 Å². The van der Waals surface area contributed by atoms with Crippen LogP contribution in [0.4, 0.5) is 0 Å². The first-order chi connectivity index (χ1) is 7.85. The smallest absolute Gasteiger partial charge is 0.321 e. The Morgan fingerprint density at radius 3 is 1.78 bits per heavy atom. The van der Waals surface area contributed by atoms with Crippen LogP contribution in [0.25, 0.3) is 0 Å². The zero-order valence-corrected chi connectivity index (χ0v) is 12.9. The van der Waals surface area contributed by atoms with Crippen LogP contribution in [0.2, 0.25) is 0 Å². The van der Waals surface area contributed by atoms with E-state index in [-0.39, 0.29) is 16.1 Å². The number of benzene rings is 1. The van der Waals surface area contributed by atoms with Gasteiger partial charge >= 0.3 is 7.60 Å². The summed E-state index contributed by atoms with van der Waals surface area (Å²) in [7, 11) is -4.25. The van der Waals surface area contributed by atoms with Crippen molar-refractivity contribution in [3.63, 3.8) is 0 Å². The van der Waals surface area contributed by atoms with Gasteiger partial charge in [0.15, 0.2) is 0 Å². The summed E-state index contributed by atoms with van der Waals surface area (Å²) in [6, 6.07) is 5.22. The molecule has 0 amide bonds. The Morgan fingerprint density at radius 1 is 0.944 bits per heavy atom. The third-order valence-corrected chi connectivity index (χ3v) is 3.91. The van der Waals surface area contributed by atoms with Crippen LogP contribution in [-0.2, 0) is 15.4 Å². The minimum atomic E-state index is -4.25. The van der Waals surface area contributed by atoms with Gasteiger partial charge < -0.3 is 9.79 Å². The van der Waals surface area contributed by atoms with E-state index in [1.807, 2.05) is 26.8 Å². The molecular weight excluding hydrogens is 247 g/mol. The maximum atomic E-state index is 11.7. The summed E-state index contributed by atoms with van der Waals surface area (Å²) < 4.78 is 11.7. The Labute approximate surface area is 109 Å². The van der Waals surface area contributed by atoms with E-state index >= 15 is 0 Å². The van der Waals surface area contributed by atoms with Gasteiger partial charge in [-0.3, -0.25) is 4.57 Å². The molecule has 1 aromatic rings. The molecule has 0 heterocycles. The average molecular weight is 270 g/mol. The summed E-state index contributed by atoms with van der Waals surface area (Å²) in [5.74, 6) is 0. The molecule has 0 saturated heterocycles. The normalized spacial score (nSPS) is 13.8. The van der Waals surface area contributed by atoms with Crippen molar-refractivity contribution in [3.8, 4) is 0 Å². The molecule has 0 aliphatic rings. The van der Waals surface area contributed by atoms with E-state index in [1.165, 1.54) is 6.07 Å². The topological polar surface area (TPSA) is 57.5 Å². The van der Waals surface area contributed by atoms with Crippen molar-refractivity contribution in [2.75, 3.05) is 0 Å². The summed E-state index contributed by atoms with van der Waals surface area (Å²) in [6.45, 7) is 12.1. The second-order valence-electron chi connectivity index (χ2n) is 6.74. The lowest BCUT2D eigenvalue weighted by molar-refractivity contribution is 0.386. The maximum Gasteiger partial charge on any atom is 0.356 e. The zero-order chi connectivity index (χ0) is 14.4. The van der Waals surface area contributed by atoms with E-state index in [4.69, 9.17) is 0 Å². The fourth-order valence-corrected chi connectivity index (χ4v) is 3.22. The summed E-state index contributed by atoms with van der Waals surface area (Å²) in [6.07, 6.45) is 0. The Hall–Kier alpha value is -0.630. The molecule has 18 heavy (non-hydrogen) atoms. The minimum Gasteiger partial charge on any atom is -0.321 e. The predicted molar refractivity (Wildman–Crippen MR) is 75.5 cm³/mol. The van der Waals surface area contributed by atoms with E-state index in [9.17, 15) is 14.4 Å². The molecule has 0 fully saturated rings. The molecule has 0 bridgehead atoms. The second kappa shape index (κ2) is 4.48. The summed E-state index contributed by atoms with van der Waals surface area (Å²) in [5.41, 5.74) is 1.32. The van der Waals surface area contributed by atoms with Gasteiger partial charge in [-0.1, -0.05) is 53.7 Å². The van der Waals surface area contributed by atoms with Gasteiger partial charge in [-0.05, 0) is 28.0 Å². The van der Waals surface area contributed by atoms with Gasteiger partial charge in [0.2, 0.25) is 0 Å². The first-order valence-electron chi connectivity index (χ1n) is 6.05. The Bertz CT molecular complexity index is 487. The van der Waals surface area contributed by atoms with E-state index in [1.54, 1.807) is 6.07 Å². The van der Waals surface area contributed by atoms with E-state index in [0.717, 1.165) is 11.1 Å². The lowest BCUT2D eigenvalue weighted by Gasteiger charge is -2.32. The highest BCUT2D eigenvalue weighted by Gasteiger charge is 2.33. The number of hydrogen-bond acceptors (Lipinski definition) is 1. The SMILES string of the molecule is CC(C)(C)c1cccc(P(=O)(O)O)c1C(C)(C)C. The summed E-state index contributed by atoms with van der Waals surface area (Å²) >= 11 is 0. The number of rotatable bonds is 1. The lowest BCUT2D eigenvalue weighted by atomic mass is 9.75. The molecule has 102 valence electrons. The van der Waals surface area contributed by atoms with Crippen molar-refractivity contribution in [1.29, 1.82) is 0 Å². The molecule has 0 unspecified atom stereocenters. The largest absolute Gasteiger partial charge is 0.356 e. The van der Waals surface area contributed by atoms with Crippen LogP contribution in [0.1, 0.15) is 52.7 Å². The molecule has 0 saturated carbocycles. The molecule has 1 rings (SSSR count). The first-order valence-corrected chi connectivity index (χ1v) is 7.66. The molecule has 1 aromatic carbocycles. The highest BCUT2D eigenvalue weighted by Crippen LogP contribution is 2.41. The maximum absolute atomic E-state index is 11.7. The fraction of sp³-hybridized carbons (Fsp3) is 0.571. The van der Waals surface area contributed by atoms with Gasteiger partial charge in [0.25, 0.3) is 0 Å². The van der Waals surface area contributed by atoms with Crippen LogP contribution >= 0.6 is 7.60 Å². The quantitative estimate of drug-likeness (QED) is 0.771. The summed E-state index contributed by atoms with van der Waals surface area (Å²) in [4.78, 5) is 19.1. The monoisotopic (exact) mass is 270 g/mol. The van der Waals surface area contributed by atoms with Crippen LogP contribution in [0.5, 0.6) is 0 Å². The second-order valence-corrected chi connectivity index (χ2v) is 8.31. The average Bonchev–Trinajstić information content (AvgIpc) is 2.12. The zero-order valence-electron chi connectivity index (χ0n) is 12.0. The molecular formula is C14H23O3P. The Kier molecular flexibility index (Phi) is 3.84. The standard InChI is InChI=1S/C14H23O3P/c1-13(2,3)10-8-7-9-11(18(15,16)17)12(10)14(4,5)6/h7-9H,1-6H3,(H2,15,16,17). The van der Waals surface area contributed by atoms with E-state index in [0.29, 0.717) is 0 Å². The predicted octanol–water partition coefficient (Wildman–Crippen LogP) is 3.08. The van der Waals surface area contributed by atoms with Crippen molar-refractivity contribution in [2.24, 2.45) is 0 Å². The van der Waals surface area contributed by atoms with Crippen LogP contribution < -0.4 is 5.30 Å². The molecule has 0 atom stereocenters. The van der Waals surface area contributed by atoms with Crippen LogP contribution in [-0.4, -0.2) is 9.79 Å². The Morgan fingerprint density at radius 2 is 1.44 bits per heavy atom. The Balaban J connectivity index is 3.73. The highest BCUT2D eigenvalue weighted by molar-refractivity contribution is 7.60. The minimum absolute atomic E-state index is 0.145. The van der Waals surface area contributed by atoms with E-state index < -0.39 is 7.60 Å². The molecule has 0 spiro atoms. The summed E-state index contributed by atoms with van der Waals surface area (Å²) in [5, 5.41) is 0.155. The van der Waals surface area contributed by atoms with Crippen molar-refractivity contribution in [3.05, 3.63) is 29.3 Å². The van der Waals surface area contributed by atoms with Gasteiger partial charge in [0.1, 0.15) is 0 Å². The highest BCUT2D eigenvalue weighted by atomic mass is 31.2. The van der Waals surface area contributed by atoms with Gasteiger partial charge in [0.05, 0.1) is 5.30 Å². The molecule has 0 aliphatic heterocycles. The molecule has 2 N–H and O–H groups in total. The molecule has 0 radical (unpaired) electrons. The third-order valence-electron chi connectivity index (χ3n) is 2.91. The van der Waals surface area contributed by atoms with Gasteiger partial charge in [-0.15, -0.1) is 0 Å². The first kappa shape index (κ1) is 15.4. The van der Waals surface area contributed by atoms with Gasteiger partial charge in [-0.2, -0.15) is 0 Å². The van der Waals surface area contributed by atoms with Crippen LogP contribution in [0.15, 0.2) is 18.2 Å². The third kappa shape index (κ3) is 3.23. The molecule has 3 nitrogen and oxygen atoms in total. The fourth-order valence-electron chi connectivity index (χ4n) is 2.20. The van der Waals surface area contributed by atoms with Crippen molar-refractivity contribution < 1.29 is 14.4 Å². The molecule has 0 aliphatic carbocycles. The van der Waals surface area contributed by atoms with Gasteiger partial charge in [0, 0.05) is 0 Å². The van der Waals surface area contributed by atoms with Crippen molar-refractivity contribution >= 4 is 12.9 Å². The van der Waals surface area contributed by atoms with Crippen LogP contribution in [0, 0.1) is 0 Å². The van der Waals surface area contributed by atoms with Gasteiger partial charge in [-0.25, -0.2) is 0 Å². The number of hydrogen-bond donors (Lipinski definition) is 2. The van der Waals surface area contributed by atoms with Crippen molar-refractivity contribution in [2.45, 2.75) is 52.4 Å². The lowest BCUT2D eigenvalue weighted by Crippen LogP contribution is -2.29.